The van der Waals surface area contributed by atoms with Gasteiger partial charge in [-0.2, -0.15) is 0 Å². The molecule has 6 heteroatoms. The molecule has 0 saturated heterocycles. The van der Waals surface area contributed by atoms with Gasteiger partial charge in [0.2, 0.25) is 5.91 Å². The molecule has 2 rings (SSSR count). The minimum absolute atomic E-state index is 0.256. The fourth-order valence-corrected chi connectivity index (χ4v) is 2.71. The summed E-state index contributed by atoms with van der Waals surface area (Å²) in [6.45, 7) is 2.79. The minimum Gasteiger partial charge on any atom is -0.489 e. The Kier molecular flexibility index (Phi) is 6.99. The largest absolute Gasteiger partial charge is 0.489 e. The van der Waals surface area contributed by atoms with Crippen LogP contribution in [-0.4, -0.2) is 18.5 Å². The lowest BCUT2D eigenvalue weighted by Gasteiger charge is -2.12. The normalized spacial score (nSPS) is 12.0. The smallest absolute Gasteiger partial charge is 0.234 e. The summed E-state index contributed by atoms with van der Waals surface area (Å²) in [5.41, 5.74) is 7.27. The number of amides is 1. The van der Waals surface area contributed by atoms with Crippen molar-refractivity contribution in [1.29, 1.82) is 0 Å². The van der Waals surface area contributed by atoms with E-state index in [0.29, 0.717) is 13.2 Å². The average molecular weight is 442 g/mol. The summed E-state index contributed by atoms with van der Waals surface area (Å²) >= 11 is 2.27. The van der Waals surface area contributed by atoms with Crippen LogP contribution in [0.25, 0.3) is 0 Å². The molecule has 128 valence electrons. The number of hydrogen-bond donors (Lipinski definition) is 2. The predicted octanol–water partition coefficient (Wildman–Crippen LogP) is 3.02. The van der Waals surface area contributed by atoms with Crippen molar-refractivity contribution in [3.63, 3.8) is 0 Å². The molecular weight excluding hydrogens is 422 g/mol. The Balaban J connectivity index is 1.92. The van der Waals surface area contributed by atoms with Crippen LogP contribution in [0.3, 0.4) is 0 Å². The highest BCUT2D eigenvalue weighted by molar-refractivity contribution is 14.1. The van der Waals surface area contributed by atoms with Crippen molar-refractivity contribution in [3.8, 4) is 5.75 Å². The molecule has 0 spiro atoms. The van der Waals surface area contributed by atoms with Crippen LogP contribution in [-0.2, 0) is 17.8 Å². The van der Waals surface area contributed by atoms with Crippen LogP contribution in [0.4, 0.5) is 4.39 Å². The van der Waals surface area contributed by atoms with Gasteiger partial charge in [-0.3, -0.25) is 4.79 Å². The zero-order valence-corrected chi connectivity index (χ0v) is 15.5. The second kappa shape index (κ2) is 8.98. The van der Waals surface area contributed by atoms with E-state index in [1.165, 1.54) is 12.1 Å². The summed E-state index contributed by atoms with van der Waals surface area (Å²) in [4.78, 5) is 11.0. The van der Waals surface area contributed by atoms with Gasteiger partial charge >= 0.3 is 0 Å². The van der Waals surface area contributed by atoms with Crippen LogP contribution < -0.4 is 15.8 Å². The summed E-state index contributed by atoms with van der Waals surface area (Å²) in [5, 5.41) is 3.09. The first-order valence-corrected chi connectivity index (χ1v) is 8.72. The molecule has 4 nitrogen and oxygen atoms in total. The number of ether oxygens (including phenoxy) is 1. The molecule has 0 aliphatic rings. The van der Waals surface area contributed by atoms with Crippen molar-refractivity contribution in [2.75, 3.05) is 6.54 Å². The van der Waals surface area contributed by atoms with Gasteiger partial charge in [0.15, 0.2) is 0 Å². The van der Waals surface area contributed by atoms with Crippen molar-refractivity contribution < 1.29 is 13.9 Å². The maximum atomic E-state index is 12.9. The minimum atomic E-state index is -0.360. The van der Waals surface area contributed by atoms with Crippen LogP contribution in [0, 0.1) is 9.39 Å². The van der Waals surface area contributed by atoms with E-state index in [0.717, 1.165) is 26.9 Å². The number of halogens is 2. The van der Waals surface area contributed by atoms with E-state index in [1.54, 1.807) is 19.1 Å². The molecule has 0 aliphatic carbocycles. The van der Waals surface area contributed by atoms with Gasteiger partial charge < -0.3 is 15.8 Å². The lowest BCUT2D eigenvalue weighted by Crippen LogP contribution is -2.39. The number of carbonyl (C=O) groups is 1. The molecule has 0 fully saturated rings. The molecule has 24 heavy (non-hydrogen) atoms. The van der Waals surface area contributed by atoms with Crippen LogP contribution in [0.2, 0.25) is 0 Å². The van der Waals surface area contributed by atoms with Crippen molar-refractivity contribution in [3.05, 3.63) is 63.0 Å². The Hall–Kier alpha value is -1.67. The fourth-order valence-electron chi connectivity index (χ4n) is 2.10. The summed E-state index contributed by atoms with van der Waals surface area (Å²) in [6, 6.07) is 11.8. The van der Waals surface area contributed by atoms with Gasteiger partial charge in [-0.25, -0.2) is 4.39 Å². The molecule has 2 aromatic carbocycles. The average Bonchev–Trinajstić information content (AvgIpc) is 2.56. The van der Waals surface area contributed by atoms with Crippen molar-refractivity contribution in [1.82, 2.24) is 5.32 Å². The molecule has 0 heterocycles. The number of carbonyl (C=O) groups excluding carboxylic acids is 1. The number of rotatable bonds is 8. The van der Waals surface area contributed by atoms with Gasteiger partial charge in [0.1, 0.15) is 18.2 Å². The number of nitrogens with two attached hydrogens (primary N) is 1. The quantitative estimate of drug-likeness (QED) is 0.618. The topological polar surface area (TPSA) is 64.3 Å². The molecule has 0 radical (unpaired) electrons. The second-order valence-electron chi connectivity index (χ2n) is 5.50. The Morgan fingerprint density at radius 1 is 1.29 bits per heavy atom. The molecule has 3 N–H and O–H groups in total. The number of nitrogens with one attached hydrogen (secondary N) is 1. The predicted molar refractivity (Wildman–Crippen MR) is 100 cm³/mol. The van der Waals surface area contributed by atoms with Crippen LogP contribution in [0.5, 0.6) is 5.75 Å². The highest BCUT2D eigenvalue weighted by atomic mass is 127. The summed E-state index contributed by atoms with van der Waals surface area (Å²) < 4.78 is 19.8. The highest BCUT2D eigenvalue weighted by Gasteiger charge is 2.08. The third kappa shape index (κ3) is 5.76. The molecule has 1 amide bonds. The van der Waals surface area contributed by atoms with Crippen LogP contribution in [0.1, 0.15) is 18.1 Å². The molecule has 0 aliphatic heterocycles. The number of hydrogen-bond acceptors (Lipinski definition) is 3. The van der Waals surface area contributed by atoms with Gasteiger partial charge in [0.05, 0.1) is 6.04 Å². The fraction of sp³-hybridized carbons (Fsp3) is 0.278. The summed E-state index contributed by atoms with van der Waals surface area (Å²) in [5.74, 6) is 0.145. The zero-order valence-electron chi connectivity index (χ0n) is 13.4. The molecule has 0 saturated carbocycles. The van der Waals surface area contributed by atoms with Gasteiger partial charge in [-0.15, -0.1) is 0 Å². The van der Waals surface area contributed by atoms with Crippen molar-refractivity contribution in [2.24, 2.45) is 5.73 Å². The highest BCUT2D eigenvalue weighted by Crippen LogP contribution is 2.21. The summed E-state index contributed by atoms with van der Waals surface area (Å²) in [6.07, 6.45) is 0.768. The SMILES string of the molecule is C[C@H](NCCc1cc(OCc2ccc(F)cc2)ccc1I)C(N)=O. The first-order valence-electron chi connectivity index (χ1n) is 7.64. The molecule has 0 unspecified atom stereocenters. The van der Waals surface area contributed by atoms with E-state index < -0.39 is 0 Å². The molecule has 1 atom stereocenters. The van der Waals surface area contributed by atoms with E-state index in [1.807, 2.05) is 18.2 Å². The lowest BCUT2D eigenvalue weighted by molar-refractivity contribution is -0.119. The van der Waals surface area contributed by atoms with E-state index in [9.17, 15) is 9.18 Å². The van der Waals surface area contributed by atoms with E-state index >= 15 is 0 Å². The third-order valence-corrected chi connectivity index (χ3v) is 4.66. The third-order valence-electron chi connectivity index (χ3n) is 3.61. The van der Waals surface area contributed by atoms with Crippen LogP contribution in [0.15, 0.2) is 42.5 Å². The molecule has 0 aromatic heterocycles. The zero-order chi connectivity index (χ0) is 17.5. The number of primary amides is 1. The first-order chi connectivity index (χ1) is 11.5. The lowest BCUT2D eigenvalue weighted by atomic mass is 10.1. The Morgan fingerprint density at radius 2 is 2.00 bits per heavy atom. The van der Waals surface area contributed by atoms with E-state index in [4.69, 9.17) is 10.5 Å². The van der Waals surface area contributed by atoms with Crippen LogP contribution >= 0.6 is 22.6 Å². The Morgan fingerprint density at radius 3 is 2.67 bits per heavy atom. The van der Waals surface area contributed by atoms with E-state index in [-0.39, 0.29) is 17.8 Å². The van der Waals surface area contributed by atoms with Gasteiger partial charge in [-0.1, -0.05) is 12.1 Å². The van der Waals surface area contributed by atoms with Gasteiger partial charge in [-0.05, 0) is 83.9 Å². The van der Waals surface area contributed by atoms with Crippen molar-refractivity contribution in [2.45, 2.75) is 26.0 Å². The maximum Gasteiger partial charge on any atom is 0.234 e. The van der Waals surface area contributed by atoms with Gasteiger partial charge in [0, 0.05) is 3.57 Å². The summed E-state index contributed by atoms with van der Waals surface area (Å²) in [7, 11) is 0. The Labute approximate surface area is 154 Å². The molecular formula is C18H20FIN2O2. The molecule has 0 bridgehead atoms. The molecule has 2 aromatic rings. The maximum absolute atomic E-state index is 12.9. The monoisotopic (exact) mass is 442 g/mol. The van der Waals surface area contributed by atoms with Gasteiger partial charge in [0.25, 0.3) is 0 Å². The number of benzene rings is 2. The van der Waals surface area contributed by atoms with E-state index in [2.05, 4.69) is 27.9 Å². The van der Waals surface area contributed by atoms with Crippen molar-refractivity contribution >= 4 is 28.5 Å². The Bertz CT molecular complexity index is 692. The standard InChI is InChI=1S/C18H20FIN2O2/c1-12(18(21)23)22-9-8-14-10-16(6-7-17(14)20)24-11-13-2-4-15(19)5-3-13/h2-7,10,12,22H,8-9,11H2,1H3,(H2,21,23)/t12-/m0/s1. The first kappa shape index (κ1) is 18.7. The second-order valence-corrected chi connectivity index (χ2v) is 6.66.